The number of hydrogen-bond acceptors (Lipinski definition) is 4. The number of methoxy groups -OCH3 is 1. The maximum atomic E-state index is 11.4. The summed E-state index contributed by atoms with van der Waals surface area (Å²) in [5.74, 6) is 1.06. The Morgan fingerprint density at radius 2 is 2.47 bits per heavy atom. The van der Waals surface area contributed by atoms with E-state index in [1.165, 1.54) is 0 Å². The first-order chi connectivity index (χ1) is 8.19. The van der Waals surface area contributed by atoms with Crippen LogP contribution in [0.3, 0.4) is 0 Å². The fourth-order valence-electron chi connectivity index (χ4n) is 2.03. The number of aromatic amines is 1. The molecule has 6 heteroatoms. The van der Waals surface area contributed by atoms with Gasteiger partial charge in [0.15, 0.2) is 0 Å². The summed E-state index contributed by atoms with van der Waals surface area (Å²) in [5, 5.41) is 9.81. The number of hydrogen-bond donors (Lipinski definition) is 3. The summed E-state index contributed by atoms with van der Waals surface area (Å²) in [6, 6.07) is 2.12. The molecule has 1 saturated carbocycles. The molecular formula is C11H18N4O2. The van der Waals surface area contributed by atoms with E-state index >= 15 is 0 Å². The molecule has 0 unspecified atom stereocenters. The minimum Gasteiger partial charge on any atom is -0.384 e. The molecule has 1 aliphatic rings. The molecule has 0 saturated heterocycles. The molecule has 1 heterocycles. The van der Waals surface area contributed by atoms with E-state index in [0.29, 0.717) is 24.8 Å². The maximum Gasteiger partial charge on any atom is 0.222 e. The first-order valence-corrected chi connectivity index (χ1v) is 5.78. The molecule has 1 fully saturated rings. The molecule has 0 aliphatic heterocycles. The SMILES string of the molecule is COCCC(=O)N[C@H]1C[C@@H](c2cc(N)[nH]n2)C1. The van der Waals surface area contributed by atoms with Crippen LogP contribution in [-0.4, -0.2) is 35.9 Å². The molecule has 94 valence electrons. The Morgan fingerprint density at radius 1 is 1.71 bits per heavy atom. The van der Waals surface area contributed by atoms with Gasteiger partial charge in [0.2, 0.25) is 5.91 Å². The summed E-state index contributed by atoms with van der Waals surface area (Å²) in [5.41, 5.74) is 6.55. The molecule has 1 amide bonds. The molecule has 1 aliphatic carbocycles. The second-order valence-electron chi connectivity index (χ2n) is 4.42. The highest BCUT2D eigenvalue weighted by molar-refractivity contribution is 5.76. The zero-order valence-electron chi connectivity index (χ0n) is 9.90. The summed E-state index contributed by atoms with van der Waals surface area (Å²) < 4.78 is 4.85. The highest BCUT2D eigenvalue weighted by Gasteiger charge is 2.32. The van der Waals surface area contributed by atoms with E-state index in [2.05, 4.69) is 15.5 Å². The number of nitrogens with one attached hydrogen (secondary N) is 2. The third-order valence-electron chi connectivity index (χ3n) is 3.07. The van der Waals surface area contributed by atoms with E-state index in [-0.39, 0.29) is 11.9 Å². The number of ether oxygens (including phenoxy) is 1. The number of nitrogen functional groups attached to an aromatic ring is 1. The van der Waals surface area contributed by atoms with Crippen LogP contribution >= 0.6 is 0 Å². The minimum atomic E-state index is 0.0526. The second kappa shape index (κ2) is 5.18. The van der Waals surface area contributed by atoms with Crippen molar-refractivity contribution in [2.75, 3.05) is 19.5 Å². The van der Waals surface area contributed by atoms with Crippen molar-refractivity contribution < 1.29 is 9.53 Å². The van der Waals surface area contributed by atoms with Gasteiger partial charge in [0.05, 0.1) is 12.3 Å². The highest BCUT2D eigenvalue weighted by atomic mass is 16.5. The highest BCUT2D eigenvalue weighted by Crippen LogP contribution is 2.36. The number of carbonyl (C=O) groups excluding carboxylic acids is 1. The predicted octanol–water partition coefficient (Wildman–Crippen LogP) is 0.391. The standard InChI is InChI=1S/C11H18N4O2/c1-17-3-2-11(16)13-8-4-7(5-8)9-6-10(12)15-14-9/h6-8H,2-5H2,1H3,(H,13,16)(H3,12,14,15)/t7-,8+. The van der Waals surface area contributed by atoms with Gasteiger partial charge in [0.1, 0.15) is 5.82 Å². The number of nitrogens with zero attached hydrogens (tertiary/aromatic N) is 1. The first kappa shape index (κ1) is 11.9. The molecule has 0 aromatic carbocycles. The van der Waals surface area contributed by atoms with Crippen molar-refractivity contribution in [3.63, 3.8) is 0 Å². The zero-order chi connectivity index (χ0) is 12.3. The number of nitrogens with two attached hydrogens (primary N) is 1. The Balaban J connectivity index is 1.70. The Hall–Kier alpha value is -1.56. The van der Waals surface area contributed by atoms with Gasteiger partial charge in [0, 0.05) is 31.6 Å². The number of aromatic nitrogens is 2. The van der Waals surface area contributed by atoms with Crippen LogP contribution in [0.15, 0.2) is 6.07 Å². The lowest BCUT2D eigenvalue weighted by Gasteiger charge is -2.34. The number of amides is 1. The summed E-state index contributed by atoms with van der Waals surface area (Å²) in [6.45, 7) is 0.470. The summed E-state index contributed by atoms with van der Waals surface area (Å²) in [7, 11) is 1.59. The summed E-state index contributed by atoms with van der Waals surface area (Å²) >= 11 is 0. The van der Waals surface area contributed by atoms with Gasteiger partial charge in [-0.2, -0.15) is 5.10 Å². The Morgan fingerprint density at radius 3 is 3.06 bits per heavy atom. The van der Waals surface area contributed by atoms with Gasteiger partial charge in [0.25, 0.3) is 0 Å². The Kier molecular flexibility index (Phi) is 3.63. The lowest BCUT2D eigenvalue weighted by Crippen LogP contribution is -2.43. The van der Waals surface area contributed by atoms with Gasteiger partial charge in [-0.1, -0.05) is 0 Å². The van der Waals surface area contributed by atoms with E-state index in [0.717, 1.165) is 18.5 Å². The maximum absolute atomic E-state index is 11.4. The lowest BCUT2D eigenvalue weighted by atomic mass is 9.78. The zero-order valence-corrected chi connectivity index (χ0v) is 9.90. The Bertz CT molecular complexity index is 385. The van der Waals surface area contributed by atoms with Crippen molar-refractivity contribution in [1.82, 2.24) is 15.5 Å². The van der Waals surface area contributed by atoms with E-state index in [4.69, 9.17) is 10.5 Å². The average Bonchev–Trinajstić information content (AvgIpc) is 2.66. The molecule has 6 nitrogen and oxygen atoms in total. The molecule has 0 atom stereocenters. The fraction of sp³-hybridized carbons (Fsp3) is 0.636. The van der Waals surface area contributed by atoms with Gasteiger partial charge in [-0.25, -0.2) is 0 Å². The molecule has 0 radical (unpaired) electrons. The van der Waals surface area contributed by atoms with Crippen molar-refractivity contribution in [3.05, 3.63) is 11.8 Å². The van der Waals surface area contributed by atoms with E-state index in [9.17, 15) is 4.79 Å². The van der Waals surface area contributed by atoms with Crippen molar-refractivity contribution in [1.29, 1.82) is 0 Å². The van der Waals surface area contributed by atoms with Crippen LogP contribution in [0, 0.1) is 0 Å². The fourth-order valence-corrected chi connectivity index (χ4v) is 2.03. The first-order valence-electron chi connectivity index (χ1n) is 5.78. The van der Waals surface area contributed by atoms with Crippen LogP contribution in [0.25, 0.3) is 0 Å². The summed E-state index contributed by atoms with van der Waals surface area (Å²) in [6.07, 6.45) is 2.29. The van der Waals surface area contributed by atoms with Crippen LogP contribution in [-0.2, 0) is 9.53 Å². The minimum absolute atomic E-state index is 0.0526. The van der Waals surface area contributed by atoms with Gasteiger partial charge < -0.3 is 15.8 Å². The molecule has 0 spiro atoms. The number of H-pyrrole nitrogens is 1. The van der Waals surface area contributed by atoms with Crippen molar-refractivity contribution in [2.24, 2.45) is 0 Å². The Labute approximate surface area is 99.9 Å². The van der Waals surface area contributed by atoms with E-state index in [1.54, 1.807) is 7.11 Å². The van der Waals surface area contributed by atoms with Gasteiger partial charge in [-0.05, 0) is 12.8 Å². The molecule has 0 bridgehead atoms. The molecule has 1 aromatic heterocycles. The van der Waals surface area contributed by atoms with Crippen LogP contribution in [0.5, 0.6) is 0 Å². The van der Waals surface area contributed by atoms with Crippen molar-refractivity contribution in [3.8, 4) is 0 Å². The van der Waals surface area contributed by atoms with Crippen molar-refractivity contribution >= 4 is 11.7 Å². The van der Waals surface area contributed by atoms with Gasteiger partial charge in [-0.15, -0.1) is 0 Å². The second-order valence-corrected chi connectivity index (χ2v) is 4.42. The smallest absolute Gasteiger partial charge is 0.222 e. The average molecular weight is 238 g/mol. The van der Waals surface area contributed by atoms with Gasteiger partial charge >= 0.3 is 0 Å². The topological polar surface area (TPSA) is 93.0 Å². The van der Waals surface area contributed by atoms with Gasteiger partial charge in [-0.3, -0.25) is 9.89 Å². The van der Waals surface area contributed by atoms with Crippen molar-refractivity contribution in [2.45, 2.75) is 31.2 Å². The normalized spacial score (nSPS) is 23.1. The van der Waals surface area contributed by atoms with E-state index < -0.39 is 0 Å². The lowest BCUT2D eigenvalue weighted by molar-refractivity contribution is -0.123. The van der Waals surface area contributed by atoms with E-state index in [1.807, 2.05) is 6.07 Å². The van der Waals surface area contributed by atoms with Crippen LogP contribution in [0.2, 0.25) is 0 Å². The number of rotatable bonds is 5. The van der Waals surface area contributed by atoms with Crippen LogP contribution in [0.1, 0.15) is 30.9 Å². The largest absolute Gasteiger partial charge is 0.384 e. The third-order valence-corrected chi connectivity index (χ3v) is 3.07. The quantitative estimate of drug-likeness (QED) is 0.691. The number of anilines is 1. The monoisotopic (exact) mass is 238 g/mol. The summed E-state index contributed by atoms with van der Waals surface area (Å²) in [4.78, 5) is 11.4. The van der Waals surface area contributed by atoms with Crippen LogP contribution in [0.4, 0.5) is 5.82 Å². The molecular weight excluding hydrogens is 220 g/mol. The van der Waals surface area contributed by atoms with Crippen LogP contribution < -0.4 is 11.1 Å². The number of carbonyl (C=O) groups is 1. The predicted molar refractivity (Wildman–Crippen MR) is 63.4 cm³/mol. The molecule has 2 rings (SSSR count). The molecule has 4 N–H and O–H groups in total. The molecule has 17 heavy (non-hydrogen) atoms. The molecule has 1 aromatic rings. The third kappa shape index (κ3) is 2.97.